The molecule has 0 spiro atoms. The number of aromatic nitrogens is 2. The van der Waals surface area contributed by atoms with Crippen molar-refractivity contribution in [3.05, 3.63) is 71.3 Å². The summed E-state index contributed by atoms with van der Waals surface area (Å²) in [4.78, 5) is 43.3. The second-order valence-electron chi connectivity index (χ2n) is 11.4. The molecule has 0 bridgehead atoms. The number of rotatable bonds is 6. The molecule has 1 fully saturated rings. The molecule has 2 aliphatic carbocycles. The van der Waals surface area contributed by atoms with Crippen LogP contribution >= 0.6 is 0 Å². The lowest BCUT2D eigenvalue weighted by atomic mass is 9.77. The Kier molecular flexibility index (Phi) is 6.79. The minimum absolute atomic E-state index is 0.132. The summed E-state index contributed by atoms with van der Waals surface area (Å²) in [5.74, 6) is -0.503. The molecule has 4 amide bonds. The molecule has 6 rings (SSSR count). The van der Waals surface area contributed by atoms with Crippen molar-refractivity contribution in [2.24, 2.45) is 18.7 Å². The van der Waals surface area contributed by atoms with E-state index in [9.17, 15) is 18.8 Å². The van der Waals surface area contributed by atoms with Gasteiger partial charge in [-0.3, -0.25) is 19.2 Å². The Morgan fingerprint density at radius 3 is 2.63 bits per heavy atom. The Labute approximate surface area is 238 Å². The highest BCUT2D eigenvalue weighted by Crippen LogP contribution is 2.44. The number of fused-ring (bicyclic) bond motifs is 2. The Morgan fingerprint density at radius 1 is 1.15 bits per heavy atom. The van der Waals surface area contributed by atoms with Crippen LogP contribution in [0.5, 0.6) is 5.75 Å². The van der Waals surface area contributed by atoms with Gasteiger partial charge in [-0.15, -0.1) is 0 Å². The average Bonchev–Trinajstić information content (AvgIpc) is 3.64. The maximum Gasteiger partial charge on any atom is 0.321 e. The van der Waals surface area contributed by atoms with Crippen molar-refractivity contribution in [3.8, 4) is 16.9 Å². The minimum Gasteiger partial charge on any atom is -0.491 e. The fourth-order valence-electron chi connectivity index (χ4n) is 6.50. The summed E-state index contributed by atoms with van der Waals surface area (Å²) in [7, 11) is 1.86. The van der Waals surface area contributed by atoms with Crippen molar-refractivity contribution >= 4 is 17.8 Å². The van der Waals surface area contributed by atoms with E-state index in [0.717, 1.165) is 40.0 Å². The number of primary amides is 1. The van der Waals surface area contributed by atoms with E-state index in [4.69, 9.17) is 10.5 Å². The normalized spacial score (nSPS) is 21.4. The third-order valence-electron chi connectivity index (χ3n) is 8.96. The van der Waals surface area contributed by atoms with E-state index in [2.05, 4.69) is 11.2 Å². The molecule has 0 unspecified atom stereocenters. The zero-order valence-corrected chi connectivity index (χ0v) is 23.3. The van der Waals surface area contributed by atoms with Gasteiger partial charge in [0.2, 0.25) is 11.8 Å². The number of ether oxygens (including phenoxy) is 1. The molecule has 0 radical (unpaired) electrons. The summed E-state index contributed by atoms with van der Waals surface area (Å²) in [6.45, 7) is 1.84. The predicted octanol–water partition coefficient (Wildman–Crippen LogP) is 3.93. The van der Waals surface area contributed by atoms with E-state index in [1.807, 2.05) is 32.3 Å². The summed E-state index contributed by atoms with van der Waals surface area (Å²) in [5.41, 5.74) is 9.23. The molecule has 2 atom stereocenters. The minimum atomic E-state index is -0.967. The maximum atomic E-state index is 14.2. The number of nitrogens with two attached hydrogens (primary N) is 1. The van der Waals surface area contributed by atoms with Crippen LogP contribution in [0.1, 0.15) is 49.3 Å². The van der Waals surface area contributed by atoms with Gasteiger partial charge >= 0.3 is 6.03 Å². The van der Waals surface area contributed by atoms with Gasteiger partial charge in [-0.25, -0.2) is 9.18 Å². The van der Waals surface area contributed by atoms with E-state index >= 15 is 0 Å². The molecular formula is C31H34FN5O4. The van der Waals surface area contributed by atoms with Crippen LogP contribution in [-0.4, -0.2) is 56.6 Å². The van der Waals surface area contributed by atoms with Gasteiger partial charge < -0.3 is 15.4 Å². The van der Waals surface area contributed by atoms with Crippen LogP contribution in [0.4, 0.5) is 9.18 Å². The van der Waals surface area contributed by atoms with Crippen LogP contribution in [0, 0.1) is 11.7 Å². The number of hydrogen-bond donors (Lipinski definition) is 1. The molecule has 2 N–H and O–H groups in total. The second-order valence-corrected chi connectivity index (χ2v) is 11.4. The van der Waals surface area contributed by atoms with Crippen molar-refractivity contribution in [2.75, 3.05) is 13.2 Å². The summed E-state index contributed by atoms with van der Waals surface area (Å²) in [6.07, 6.45) is 7.28. The number of nitrogens with zero attached hydrogens (tertiary/aromatic N) is 4. The second kappa shape index (κ2) is 10.3. The van der Waals surface area contributed by atoms with Crippen molar-refractivity contribution < 1.29 is 23.5 Å². The number of carbonyl (C=O) groups is 3. The standard InChI is InChI=1S/C31H34FN5O4/c1-3-31(11-10-21-12-20(6-8-25(21)31)23-14-34-35(2)15-23)29(39)37(30(33)40)17-28(38)36-16-22-13-24(32)7-9-27(22)41-18-26(36)19-4-5-19/h6-9,12-15,19,26H,3-5,10-11,16-18H2,1-2H3,(H2,33,40)/t26-,31-/m0/s1. The molecule has 41 heavy (non-hydrogen) atoms. The van der Waals surface area contributed by atoms with Crippen LogP contribution in [0.3, 0.4) is 0 Å². The highest BCUT2D eigenvalue weighted by atomic mass is 19.1. The predicted molar refractivity (Wildman–Crippen MR) is 149 cm³/mol. The fourth-order valence-corrected chi connectivity index (χ4v) is 6.50. The number of hydrogen-bond acceptors (Lipinski definition) is 5. The van der Waals surface area contributed by atoms with Gasteiger partial charge in [0, 0.05) is 30.9 Å². The lowest BCUT2D eigenvalue weighted by Gasteiger charge is -2.35. The average molecular weight is 560 g/mol. The molecule has 1 aliphatic heterocycles. The van der Waals surface area contributed by atoms with Gasteiger partial charge in [-0.2, -0.15) is 5.10 Å². The van der Waals surface area contributed by atoms with Gasteiger partial charge in [0.1, 0.15) is 24.7 Å². The van der Waals surface area contributed by atoms with Crippen molar-refractivity contribution in [1.29, 1.82) is 0 Å². The van der Waals surface area contributed by atoms with E-state index in [0.29, 0.717) is 30.6 Å². The lowest BCUT2D eigenvalue weighted by molar-refractivity contribution is -0.143. The van der Waals surface area contributed by atoms with Gasteiger partial charge in [0.15, 0.2) is 0 Å². The van der Waals surface area contributed by atoms with Crippen molar-refractivity contribution in [3.63, 3.8) is 0 Å². The number of amides is 4. The first kappa shape index (κ1) is 27.0. The largest absolute Gasteiger partial charge is 0.491 e. The molecule has 1 saturated carbocycles. The molecule has 1 aromatic heterocycles. The molecule has 2 aromatic carbocycles. The zero-order chi connectivity index (χ0) is 28.9. The van der Waals surface area contributed by atoms with Crippen LogP contribution in [0.15, 0.2) is 48.8 Å². The van der Waals surface area contributed by atoms with E-state index in [-0.39, 0.29) is 25.1 Å². The molecule has 2 heterocycles. The summed E-state index contributed by atoms with van der Waals surface area (Å²) >= 11 is 0. The number of imide groups is 1. The van der Waals surface area contributed by atoms with Gasteiger partial charge in [0.25, 0.3) is 0 Å². The van der Waals surface area contributed by atoms with Crippen LogP contribution in [0.2, 0.25) is 0 Å². The molecule has 9 nitrogen and oxygen atoms in total. The van der Waals surface area contributed by atoms with E-state index in [1.54, 1.807) is 21.8 Å². The molecule has 3 aromatic rings. The molecule has 0 saturated heterocycles. The Morgan fingerprint density at radius 2 is 1.95 bits per heavy atom. The van der Waals surface area contributed by atoms with Gasteiger partial charge in [0.05, 0.1) is 17.7 Å². The van der Waals surface area contributed by atoms with Gasteiger partial charge in [-0.05, 0) is 72.9 Å². The highest BCUT2D eigenvalue weighted by Gasteiger charge is 2.48. The lowest BCUT2D eigenvalue weighted by Crippen LogP contribution is -2.55. The first-order valence-corrected chi connectivity index (χ1v) is 14.1. The molecular weight excluding hydrogens is 525 g/mol. The Hall–Kier alpha value is -4.21. The topological polar surface area (TPSA) is 111 Å². The van der Waals surface area contributed by atoms with E-state index in [1.165, 1.54) is 12.1 Å². The molecule has 214 valence electrons. The first-order valence-electron chi connectivity index (χ1n) is 14.1. The molecule has 3 aliphatic rings. The van der Waals surface area contributed by atoms with E-state index < -0.39 is 35.6 Å². The highest BCUT2D eigenvalue weighted by molar-refractivity contribution is 6.03. The van der Waals surface area contributed by atoms with Crippen LogP contribution in [0.25, 0.3) is 11.1 Å². The van der Waals surface area contributed by atoms with Crippen molar-refractivity contribution in [1.82, 2.24) is 19.6 Å². The number of benzene rings is 2. The van der Waals surface area contributed by atoms with Crippen LogP contribution in [-0.2, 0) is 35.0 Å². The smallest absolute Gasteiger partial charge is 0.321 e. The summed E-state index contributed by atoms with van der Waals surface area (Å²) in [6, 6.07) is 9.07. The number of carbonyl (C=O) groups excluding carboxylic acids is 3. The van der Waals surface area contributed by atoms with Crippen molar-refractivity contribution in [2.45, 2.75) is 57.0 Å². The summed E-state index contributed by atoms with van der Waals surface area (Å²) in [5, 5.41) is 4.25. The third-order valence-corrected chi connectivity index (χ3v) is 8.96. The summed E-state index contributed by atoms with van der Waals surface area (Å²) < 4.78 is 21.8. The maximum absolute atomic E-state index is 14.2. The zero-order valence-electron chi connectivity index (χ0n) is 23.3. The Bertz CT molecular complexity index is 1530. The quantitative estimate of drug-likeness (QED) is 0.492. The van der Waals surface area contributed by atoms with Gasteiger partial charge in [-0.1, -0.05) is 25.1 Å². The Balaban J connectivity index is 1.28. The third kappa shape index (κ3) is 4.85. The monoisotopic (exact) mass is 559 g/mol. The SMILES string of the molecule is CC[C@]1(C(=O)N(CC(=O)N2Cc3cc(F)ccc3OC[C@H]2C2CC2)C(N)=O)CCc2cc(-c3cnn(C)c3)ccc21. The molecule has 10 heteroatoms. The first-order chi connectivity index (χ1) is 19.7. The fraction of sp³-hybridized carbons (Fsp3) is 0.419. The number of urea groups is 1. The van der Waals surface area contributed by atoms with Crippen LogP contribution < -0.4 is 10.5 Å². The number of halogens is 1. The number of aryl methyl sites for hydroxylation is 2.